The maximum atomic E-state index is 12.5. The first kappa shape index (κ1) is 17.8. The molecule has 1 aromatic heterocycles. The van der Waals surface area contributed by atoms with Gasteiger partial charge in [-0.25, -0.2) is 0 Å². The minimum absolute atomic E-state index is 0.0254. The van der Waals surface area contributed by atoms with Gasteiger partial charge in [0.2, 0.25) is 0 Å². The molecule has 7 nitrogen and oxygen atoms in total. The van der Waals surface area contributed by atoms with E-state index < -0.39 is 0 Å². The number of nitrogens with zero attached hydrogens (tertiary/aromatic N) is 1. The van der Waals surface area contributed by atoms with E-state index in [0.717, 1.165) is 74.1 Å². The first-order valence-electron chi connectivity index (χ1n) is 10.4. The number of hydrogen-bond donors (Lipinski definition) is 3. The number of allylic oxidation sites excluding steroid dienone is 1. The molecule has 1 aromatic rings. The maximum Gasteiger partial charge on any atom is 0.255 e. The van der Waals surface area contributed by atoms with Crippen LogP contribution in [0.15, 0.2) is 29.0 Å². The summed E-state index contributed by atoms with van der Waals surface area (Å²) in [6.45, 7) is 6.43. The van der Waals surface area contributed by atoms with E-state index >= 15 is 0 Å². The van der Waals surface area contributed by atoms with Gasteiger partial charge in [-0.15, -0.1) is 0 Å². The van der Waals surface area contributed by atoms with E-state index in [1.807, 2.05) is 6.20 Å². The zero-order valence-electron chi connectivity index (χ0n) is 16.1. The van der Waals surface area contributed by atoms with Gasteiger partial charge in [0.15, 0.2) is 0 Å². The normalized spacial score (nSPS) is 24.6. The highest BCUT2D eigenvalue weighted by molar-refractivity contribution is 5.82. The molecule has 1 aliphatic carbocycles. The average molecular weight is 384 g/mol. The van der Waals surface area contributed by atoms with Crippen LogP contribution in [0.25, 0.3) is 5.57 Å². The zero-order valence-corrected chi connectivity index (χ0v) is 16.1. The third-order valence-electron chi connectivity index (χ3n) is 5.91. The van der Waals surface area contributed by atoms with Gasteiger partial charge in [-0.3, -0.25) is 9.69 Å². The second-order valence-corrected chi connectivity index (χ2v) is 8.12. The summed E-state index contributed by atoms with van der Waals surface area (Å²) in [4.78, 5) is 17.8. The average Bonchev–Trinajstić information content (AvgIpc) is 3.46. The molecule has 0 spiro atoms. The first-order valence-corrected chi connectivity index (χ1v) is 10.4. The first-order chi connectivity index (χ1) is 13.8. The van der Waals surface area contributed by atoms with Gasteiger partial charge in [0, 0.05) is 69.2 Å². The Balaban J connectivity index is 1.37. The van der Waals surface area contributed by atoms with Crippen LogP contribution in [0.4, 0.5) is 0 Å². The molecule has 1 saturated heterocycles. The molecular weight excluding hydrogens is 356 g/mol. The van der Waals surface area contributed by atoms with Crippen molar-refractivity contribution in [2.75, 3.05) is 45.9 Å². The molecule has 4 heterocycles. The van der Waals surface area contributed by atoms with Crippen LogP contribution in [0.2, 0.25) is 0 Å². The Labute approximate surface area is 164 Å². The summed E-state index contributed by atoms with van der Waals surface area (Å²) >= 11 is 0. The second-order valence-electron chi connectivity index (χ2n) is 8.12. The fraction of sp³-hybridized carbons (Fsp3) is 0.571. The van der Waals surface area contributed by atoms with Crippen molar-refractivity contribution in [2.24, 2.45) is 5.92 Å². The summed E-state index contributed by atoms with van der Waals surface area (Å²) in [6, 6.07) is 0. The van der Waals surface area contributed by atoms with Crippen molar-refractivity contribution in [1.82, 2.24) is 20.5 Å². The largest absolute Gasteiger partial charge is 0.491 e. The monoisotopic (exact) mass is 384 g/mol. The molecule has 0 amide bonds. The van der Waals surface area contributed by atoms with Gasteiger partial charge in [0.25, 0.3) is 5.56 Å². The minimum atomic E-state index is -0.0412. The van der Waals surface area contributed by atoms with Crippen molar-refractivity contribution in [3.63, 3.8) is 0 Å². The van der Waals surface area contributed by atoms with Crippen molar-refractivity contribution in [3.8, 4) is 5.75 Å². The summed E-state index contributed by atoms with van der Waals surface area (Å²) in [5.41, 5.74) is 2.66. The molecule has 3 aliphatic heterocycles. The Kier molecular flexibility index (Phi) is 4.86. The smallest absolute Gasteiger partial charge is 0.255 e. The van der Waals surface area contributed by atoms with E-state index in [1.54, 1.807) is 6.20 Å². The van der Waals surface area contributed by atoms with Gasteiger partial charge in [0.1, 0.15) is 17.6 Å². The molecule has 150 valence electrons. The molecule has 1 saturated carbocycles. The van der Waals surface area contributed by atoms with E-state index in [2.05, 4.69) is 26.6 Å². The van der Waals surface area contributed by atoms with Crippen LogP contribution < -0.4 is 20.9 Å². The number of ether oxygens (including phenoxy) is 2. The molecule has 28 heavy (non-hydrogen) atoms. The second kappa shape index (κ2) is 7.64. The van der Waals surface area contributed by atoms with Gasteiger partial charge in [0.05, 0.1) is 12.2 Å². The number of hydrogen-bond acceptors (Lipinski definition) is 6. The fourth-order valence-corrected chi connectivity index (χ4v) is 4.14. The molecule has 0 bridgehead atoms. The summed E-state index contributed by atoms with van der Waals surface area (Å²) in [7, 11) is 0. The van der Waals surface area contributed by atoms with Crippen LogP contribution in [-0.4, -0.2) is 61.9 Å². The number of nitrogens with one attached hydrogen (secondary N) is 3. The third kappa shape index (κ3) is 3.69. The summed E-state index contributed by atoms with van der Waals surface area (Å²) in [5, 5.41) is 6.61. The van der Waals surface area contributed by atoms with Crippen molar-refractivity contribution >= 4 is 5.57 Å². The highest BCUT2D eigenvalue weighted by Gasteiger charge is 2.32. The Morgan fingerprint density at radius 1 is 1.25 bits per heavy atom. The molecule has 0 aromatic carbocycles. The van der Waals surface area contributed by atoms with Gasteiger partial charge < -0.3 is 25.1 Å². The molecule has 3 N–H and O–H groups in total. The third-order valence-corrected chi connectivity index (χ3v) is 5.91. The lowest BCUT2D eigenvalue weighted by Crippen LogP contribution is -2.47. The molecule has 1 unspecified atom stereocenters. The van der Waals surface area contributed by atoms with E-state index in [-0.39, 0.29) is 11.7 Å². The summed E-state index contributed by atoms with van der Waals surface area (Å²) < 4.78 is 12.4. The Morgan fingerprint density at radius 2 is 2.11 bits per heavy atom. The predicted molar refractivity (Wildman–Crippen MR) is 107 cm³/mol. The van der Waals surface area contributed by atoms with Gasteiger partial charge in [-0.2, -0.15) is 0 Å². The van der Waals surface area contributed by atoms with Crippen molar-refractivity contribution in [2.45, 2.75) is 25.4 Å². The molecule has 0 radical (unpaired) electrons. The fourth-order valence-electron chi connectivity index (χ4n) is 4.14. The quantitative estimate of drug-likeness (QED) is 0.675. The number of aromatic nitrogens is 1. The van der Waals surface area contributed by atoms with Crippen LogP contribution >= 0.6 is 0 Å². The summed E-state index contributed by atoms with van der Waals surface area (Å²) in [5.74, 6) is 2.25. The zero-order chi connectivity index (χ0) is 18.9. The van der Waals surface area contributed by atoms with Crippen LogP contribution in [-0.2, 0) is 11.2 Å². The molecule has 5 rings (SSSR count). The van der Waals surface area contributed by atoms with Gasteiger partial charge >= 0.3 is 0 Å². The van der Waals surface area contributed by atoms with Crippen molar-refractivity contribution < 1.29 is 9.47 Å². The van der Waals surface area contributed by atoms with E-state index in [1.165, 1.54) is 12.8 Å². The number of rotatable bonds is 6. The highest BCUT2D eigenvalue weighted by Crippen LogP contribution is 2.38. The Hall–Kier alpha value is -2.25. The van der Waals surface area contributed by atoms with Gasteiger partial charge in [-0.1, -0.05) is 6.08 Å². The highest BCUT2D eigenvalue weighted by atomic mass is 16.5. The van der Waals surface area contributed by atoms with Crippen LogP contribution in [0.5, 0.6) is 5.75 Å². The number of dihydropyridines is 1. The van der Waals surface area contributed by atoms with E-state index in [4.69, 9.17) is 9.47 Å². The number of piperazine rings is 1. The summed E-state index contributed by atoms with van der Waals surface area (Å²) in [6.07, 6.45) is 9.02. The predicted octanol–water partition coefficient (Wildman–Crippen LogP) is 0.838. The maximum absolute atomic E-state index is 12.5. The van der Waals surface area contributed by atoms with Crippen LogP contribution in [0.1, 0.15) is 24.0 Å². The minimum Gasteiger partial charge on any atom is -0.491 e. The molecular formula is C21H28N4O3. The van der Waals surface area contributed by atoms with E-state index in [0.29, 0.717) is 12.3 Å². The number of pyridine rings is 1. The Morgan fingerprint density at radius 3 is 2.93 bits per heavy atom. The van der Waals surface area contributed by atoms with Crippen LogP contribution in [0.3, 0.4) is 0 Å². The number of aromatic amines is 1. The lowest BCUT2D eigenvalue weighted by molar-refractivity contribution is 0.139. The lowest BCUT2D eigenvalue weighted by atomic mass is 10.0. The molecule has 7 heteroatoms. The van der Waals surface area contributed by atoms with Crippen LogP contribution in [0, 0.1) is 5.92 Å². The SMILES string of the molecule is O=c1[nH]cc(C2=CCNC=C2OCC2CC2)c2c1CC(CN1CCNCC1)O2. The topological polar surface area (TPSA) is 78.6 Å². The standard InChI is InChI=1S/C21H28N4O3/c26-21-17-9-15(12-25-7-5-22-6-8-25)28-20(17)18(10-24-21)16-3-4-23-11-19(16)27-13-14-1-2-14/h3,10-11,14-15,22-23H,1-2,4-9,12-13H2,(H,24,26). The molecule has 2 fully saturated rings. The Bertz CT molecular complexity index is 850. The van der Waals surface area contributed by atoms with Crippen molar-refractivity contribution in [3.05, 3.63) is 45.7 Å². The number of H-pyrrole nitrogens is 1. The molecule has 1 atom stereocenters. The molecule has 4 aliphatic rings. The lowest BCUT2D eigenvalue weighted by Gasteiger charge is -2.29. The van der Waals surface area contributed by atoms with Gasteiger partial charge in [-0.05, 0) is 18.8 Å². The number of fused-ring (bicyclic) bond motifs is 1. The van der Waals surface area contributed by atoms with E-state index in [9.17, 15) is 4.79 Å². The van der Waals surface area contributed by atoms with Crippen molar-refractivity contribution in [1.29, 1.82) is 0 Å².